The van der Waals surface area contributed by atoms with Gasteiger partial charge in [0.2, 0.25) is 0 Å². The van der Waals surface area contributed by atoms with E-state index < -0.39 is 0 Å². The molecule has 0 bridgehead atoms. The Morgan fingerprint density at radius 1 is 1.56 bits per heavy atom. The molecule has 0 spiro atoms. The Hall–Kier alpha value is 0.625. The molecule has 0 aromatic heterocycles. The Morgan fingerprint density at radius 2 is 2.00 bits per heavy atom. The van der Waals surface area contributed by atoms with Crippen LogP contribution in [0.3, 0.4) is 0 Å². The third-order valence-corrected chi connectivity index (χ3v) is 0.463. The van der Waals surface area contributed by atoms with Crippen LogP contribution in [0.25, 0.3) is 0 Å². The monoisotopic (exact) mass is 476 g/mol. The molecule has 0 aromatic carbocycles. The number of esters is 1. The van der Waals surface area contributed by atoms with Gasteiger partial charge in [-0.3, -0.25) is 4.79 Å². The number of ether oxygens (including phenoxy) is 1. The number of carbonyl (C=O) groups excluding carboxylic acids is 1. The summed E-state index contributed by atoms with van der Waals surface area (Å²) in [4.78, 5) is 10.1. The molecule has 0 fully saturated rings. The second-order valence-electron chi connectivity index (χ2n) is 0.956. The van der Waals surface area contributed by atoms with Crippen LogP contribution in [0.4, 0.5) is 0 Å². The van der Waals surface area contributed by atoms with Crippen molar-refractivity contribution in [1.82, 2.24) is 5.32 Å². The average Bonchev–Trinajstić information content (AvgIpc) is 1.68. The van der Waals surface area contributed by atoms with Crippen molar-refractivity contribution in [1.29, 1.82) is 0 Å². The molecule has 0 amide bonds. The molecule has 0 aliphatic carbocycles. The van der Waals surface area contributed by atoms with Crippen LogP contribution in [0.1, 0.15) is 0 Å². The molecule has 1 N–H and O–H groups in total. The summed E-state index contributed by atoms with van der Waals surface area (Å²) in [5, 5.41) is 2.52. The molecule has 0 aliphatic rings. The van der Waals surface area contributed by atoms with E-state index in [1.807, 2.05) is 0 Å². The van der Waals surface area contributed by atoms with Crippen molar-refractivity contribution < 1.29 is 50.4 Å². The quantitative estimate of drug-likeness (QED) is 0.435. The van der Waals surface area contributed by atoms with E-state index in [9.17, 15) is 4.79 Å². The van der Waals surface area contributed by atoms with Crippen molar-refractivity contribution in [3.63, 3.8) is 0 Å². The van der Waals surface area contributed by atoms with E-state index in [2.05, 4.69) is 10.1 Å². The van der Waals surface area contributed by atoms with Crippen LogP contribution < -0.4 is 5.32 Å². The van der Waals surface area contributed by atoms with Gasteiger partial charge in [0.05, 0.1) is 7.11 Å². The number of hydrogen-bond donors (Lipinski definition) is 1. The van der Waals surface area contributed by atoms with Crippen LogP contribution >= 0.6 is 0 Å². The van der Waals surface area contributed by atoms with E-state index in [1.54, 1.807) is 7.05 Å². The molecular weight excluding hydrogens is 466 g/mol. The predicted molar refractivity (Wildman–Crippen MR) is 25.4 cm³/mol. The van der Waals surface area contributed by atoms with E-state index >= 15 is 0 Å². The van der Waals surface area contributed by atoms with E-state index in [4.69, 9.17) is 0 Å². The van der Waals surface area contributed by atoms with Crippen LogP contribution in [-0.2, 0) is 50.4 Å². The maximum absolute atomic E-state index is 10.1. The second kappa shape index (κ2) is 11.4. The van der Waals surface area contributed by atoms with Gasteiger partial charge < -0.3 is 10.1 Å². The van der Waals surface area contributed by atoms with Crippen molar-refractivity contribution in [2.24, 2.45) is 0 Å². The van der Waals surface area contributed by atoms with E-state index in [0.717, 1.165) is 0 Å². The minimum absolute atomic E-state index is 0. The Labute approximate surface area is 82.2 Å². The largest absolute Gasteiger partial charge is 0.490 e. The predicted octanol–water partition coefficient (Wildman–Crippen LogP) is -0.464. The number of hydrogen-bond acceptors (Lipinski definition) is 3. The molecule has 0 aromatic rings. The second-order valence-corrected chi connectivity index (χ2v) is 0.956. The van der Waals surface area contributed by atoms with Gasteiger partial charge in [-0.2, -0.15) is 0 Å². The normalized spacial score (nSPS) is 6.00. The zero-order valence-electron chi connectivity index (χ0n) is 5.15. The van der Waals surface area contributed by atoms with E-state index in [1.165, 1.54) is 13.7 Å². The first kappa shape index (κ1) is 16.3. The summed E-state index contributed by atoms with van der Waals surface area (Å²) in [6, 6.07) is 0. The fourth-order valence-corrected chi connectivity index (χ4v) is 0.177. The fourth-order valence-electron chi connectivity index (χ4n) is 0.177. The molecule has 9 heavy (non-hydrogen) atoms. The van der Waals surface area contributed by atoms with Crippen LogP contribution in [0.15, 0.2) is 0 Å². The Morgan fingerprint density at radius 3 is 2.11 bits per heavy atom. The minimum Gasteiger partial charge on any atom is -0.490 e. The Bertz CT molecular complexity index is 69.6. The molecule has 0 rings (SSSR count). The smallest absolute Gasteiger partial charge is 0.179 e. The maximum atomic E-state index is 10.1. The van der Waals surface area contributed by atoms with Gasteiger partial charge in [-0.15, -0.1) is 0 Å². The summed E-state index contributed by atoms with van der Waals surface area (Å²) in [6.07, 6.45) is 0. The average molecular weight is 475 g/mol. The molecule has 5 heteroatoms. The van der Waals surface area contributed by atoms with Gasteiger partial charge in [-0.1, -0.05) is 0 Å². The molecule has 0 aliphatic heterocycles. The first-order chi connectivity index (χ1) is 3.31. The molecule has 0 unspecified atom stereocenters. The summed E-state index contributed by atoms with van der Waals surface area (Å²) >= 11 is 0. The minimum atomic E-state index is -0.359. The van der Waals surface area contributed by atoms with Gasteiger partial charge in [-0.05, 0) is 7.05 Å². The van der Waals surface area contributed by atoms with Crippen LogP contribution in [0.2, 0.25) is 0 Å². The number of likely N-dealkylation sites (N-methyl/N-ethyl adjacent to an activating group) is 1. The van der Waals surface area contributed by atoms with Crippen molar-refractivity contribution in [3.8, 4) is 0 Å². The van der Waals surface area contributed by atoms with Gasteiger partial charge in [0.1, 0.15) is 0 Å². The summed E-state index contributed by atoms with van der Waals surface area (Å²) in [5.41, 5.74) is 0. The fraction of sp³-hybridized carbons (Fsp3) is 0.500. The van der Waals surface area contributed by atoms with Gasteiger partial charge in [0, 0.05) is 40.8 Å². The van der Waals surface area contributed by atoms with Crippen LogP contribution in [0.5, 0.6) is 0 Å². The standard InChI is InChI=1S/C4H8NO2.2Re/c1-5-3-4(6)7-2;;/h3,5H,1-2H3;;/q-1;;. The summed E-state index contributed by atoms with van der Waals surface area (Å²) in [6.45, 7) is 1.24. The van der Waals surface area contributed by atoms with Gasteiger partial charge in [0.15, 0.2) is 5.97 Å². The van der Waals surface area contributed by atoms with Gasteiger partial charge >= 0.3 is 0 Å². The maximum Gasteiger partial charge on any atom is 0.179 e. The topological polar surface area (TPSA) is 38.3 Å². The van der Waals surface area contributed by atoms with E-state index in [-0.39, 0.29) is 46.8 Å². The zero-order chi connectivity index (χ0) is 5.70. The summed E-state index contributed by atoms with van der Waals surface area (Å²) in [5.74, 6) is -0.359. The van der Waals surface area contributed by atoms with Crippen molar-refractivity contribution in [3.05, 3.63) is 6.54 Å². The van der Waals surface area contributed by atoms with Crippen molar-refractivity contribution >= 4 is 5.97 Å². The molecule has 0 heterocycles. The van der Waals surface area contributed by atoms with Gasteiger partial charge in [0.25, 0.3) is 0 Å². The summed E-state index contributed by atoms with van der Waals surface area (Å²) < 4.78 is 4.23. The third kappa shape index (κ3) is 12.0. The van der Waals surface area contributed by atoms with Crippen LogP contribution in [0, 0.1) is 6.54 Å². The molecule has 2 radical (unpaired) electrons. The number of nitrogens with one attached hydrogen (secondary N) is 1. The molecule has 0 saturated heterocycles. The third-order valence-electron chi connectivity index (χ3n) is 0.463. The SMILES string of the molecule is CN[CH-]C(=O)OC.[Re].[Re]. The molecule has 0 saturated carbocycles. The molecule has 56 valence electrons. The molecule has 3 nitrogen and oxygen atoms in total. The molecular formula is C4H8NO2Re2-. The zero-order valence-corrected chi connectivity index (χ0v) is 10.6. The number of carbonyl (C=O) groups is 1. The van der Waals surface area contributed by atoms with Crippen molar-refractivity contribution in [2.75, 3.05) is 14.2 Å². The summed E-state index contributed by atoms with van der Waals surface area (Å²) in [7, 11) is 2.97. The van der Waals surface area contributed by atoms with Crippen LogP contribution in [-0.4, -0.2) is 20.1 Å². The first-order valence-electron chi connectivity index (χ1n) is 1.89. The van der Waals surface area contributed by atoms with E-state index in [0.29, 0.717) is 0 Å². The Kier molecular flexibility index (Phi) is 20.7. The Balaban J connectivity index is -0.000000180. The number of rotatable bonds is 2. The first-order valence-corrected chi connectivity index (χ1v) is 1.89. The van der Waals surface area contributed by atoms with Gasteiger partial charge in [-0.25, -0.2) is 6.54 Å². The molecule has 0 atom stereocenters. The van der Waals surface area contributed by atoms with Crippen molar-refractivity contribution in [2.45, 2.75) is 0 Å². The number of methoxy groups -OCH3 is 1.